The van der Waals surface area contributed by atoms with E-state index >= 15 is 0 Å². The lowest BCUT2D eigenvalue weighted by molar-refractivity contribution is -0.252. The minimum Gasteiger partial charge on any atom is -0.355 e. The lowest BCUT2D eigenvalue weighted by Gasteiger charge is -2.79. The van der Waals surface area contributed by atoms with E-state index in [-0.39, 0.29) is 0 Å². The first kappa shape index (κ1) is 35.0. The number of anilines is 2. The fraction of sp³-hybridized carbons (Fsp3) is 0.355. The molecule has 1 N–H and O–H groups in total. The third-order valence-electron chi connectivity index (χ3n) is 21.8. The van der Waals surface area contributed by atoms with Crippen LogP contribution in [-0.2, 0) is 17.3 Å². The summed E-state index contributed by atoms with van der Waals surface area (Å²) in [5.41, 5.74) is 25.9. The smallest absolute Gasteiger partial charge is 0.193 e. The van der Waals surface area contributed by atoms with E-state index in [0.717, 1.165) is 60.3 Å². The fourth-order valence-electron chi connectivity index (χ4n) is 19.4. The number of hydrogen-bond donors (Lipinski definition) is 1. The van der Waals surface area contributed by atoms with E-state index in [1.165, 1.54) is 102 Å². The van der Waals surface area contributed by atoms with Gasteiger partial charge in [0.1, 0.15) is 0 Å². The standard InChI is InChI=1S/C62H54BN/c1-34-19-51-49-22-38-11-15-40(59-29-43-23-42-24-44(30-59)61(42,43)33-59)25-48(38)50-26-41(60-31-45-21-39-28-62(45,60)53(39)32-60)27-54(56(49)50)63-58(51)52(20-34)57-47-10-6-5-9-37(47)14-18-55(57)64-46-16-12-36(13-17-46)35-7-3-2-4-8-35/h2-20,25-27,39,42-45,49,53,63-64H,21-24,28-33H2,1H3. The van der Waals surface area contributed by atoms with Gasteiger partial charge < -0.3 is 5.32 Å². The quantitative estimate of drug-likeness (QED) is 0.165. The summed E-state index contributed by atoms with van der Waals surface area (Å²) in [6, 6.07) is 52.4. The van der Waals surface area contributed by atoms with Crippen molar-refractivity contribution in [1.29, 1.82) is 0 Å². The Balaban J connectivity index is 0.832. The Morgan fingerprint density at radius 3 is 2.25 bits per heavy atom. The lowest BCUT2D eigenvalue weighted by atomic mass is 9.25. The summed E-state index contributed by atoms with van der Waals surface area (Å²) in [5, 5.41) is 6.61. The van der Waals surface area contributed by atoms with Gasteiger partial charge in [-0.1, -0.05) is 132 Å². The molecule has 64 heavy (non-hydrogen) atoms. The second kappa shape index (κ2) is 11.4. The van der Waals surface area contributed by atoms with Crippen LogP contribution in [0.5, 0.6) is 0 Å². The van der Waals surface area contributed by atoms with E-state index in [9.17, 15) is 0 Å². The van der Waals surface area contributed by atoms with Crippen LogP contribution in [-0.4, -0.2) is 7.28 Å². The molecule has 310 valence electrons. The first-order chi connectivity index (χ1) is 31.4. The average Bonchev–Trinajstić information content (AvgIpc) is 3.95. The topological polar surface area (TPSA) is 12.0 Å². The maximum Gasteiger partial charge on any atom is 0.193 e. The first-order valence-corrected chi connectivity index (χ1v) is 25.3. The van der Waals surface area contributed by atoms with Crippen molar-refractivity contribution < 1.29 is 0 Å². The highest BCUT2D eigenvalue weighted by Crippen LogP contribution is 2.91. The van der Waals surface area contributed by atoms with Crippen molar-refractivity contribution in [3.8, 4) is 33.4 Å². The van der Waals surface area contributed by atoms with Crippen molar-refractivity contribution in [2.24, 2.45) is 46.3 Å². The van der Waals surface area contributed by atoms with E-state index in [4.69, 9.17) is 0 Å². The van der Waals surface area contributed by atoms with Gasteiger partial charge in [0.05, 0.1) is 0 Å². The van der Waals surface area contributed by atoms with Gasteiger partial charge in [-0.3, -0.25) is 0 Å². The van der Waals surface area contributed by atoms with Gasteiger partial charge in [-0.25, -0.2) is 0 Å². The molecule has 0 saturated heterocycles. The normalized spacial score (nSPS) is 35.8. The Kier molecular flexibility index (Phi) is 6.21. The van der Waals surface area contributed by atoms with Crippen LogP contribution in [0.15, 0.2) is 133 Å². The molecule has 2 spiro atoms. The molecular formula is C62H54BN. The van der Waals surface area contributed by atoms with Crippen LogP contribution in [0.2, 0.25) is 0 Å². The predicted molar refractivity (Wildman–Crippen MR) is 264 cm³/mol. The van der Waals surface area contributed by atoms with Gasteiger partial charge in [0.25, 0.3) is 0 Å². The highest BCUT2D eigenvalue weighted by atomic mass is 14.9. The zero-order valence-electron chi connectivity index (χ0n) is 37.0. The molecule has 9 saturated carbocycles. The third-order valence-corrected chi connectivity index (χ3v) is 21.8. The lowest BCUT2D eigenvalue weighted by Crippen LogP contribution is -2.75. The molecule has 1 heterocycles. The summed E-state index contributed by atoms with van der Waals surface area (Å²) >= 11 is 0. The van der Waals surface area contributed by atoms with Crippen LogP contribution in [0.3, 0.4) is 0 Å². The summed E-state index contributed by atoms with van der Waals surface area (Å²) in [6.45, 7) is 2.35. The molecule has 2 heteroatoms. The molecule has 18 rings (SSSR count). The molecular weight excluding hydrogens is 770 g/mol. The molecule has 0 aromatic heterocycles. The third kappa shape index (κ3) is 3.92. The molecule has 8 unspecified atom stereocenters. The van der Waals surface area contributed by atoms with E-state index < -0.39 is 0 Å². The number of benzene rings is 7. The fourth-order valence-corrected chi connectivity index (χ4v) is 19.4. The van der Waals surface area contributed by atoms with Crippen LogP contribution in [0, 0.1) is 53.3 Å². The Morgan fingerprint density at radius 2 is 1.44 bits per heavy atom. The SMILES string of the molecule is Cc1cc(-c2c(Nc3ccc(-c4ccccc4)cc3)ccc3ccccc23)c2c(c1)C1Cc3ccc(C45CC6CC7CC(C4)C76C5)cc3-c3cc(C45CC6CC7CC64C7C5)cc(c31)B2. The molecule has 1 nitrogen and oxygen atoms in total. The molecule has 0 radical (unpaired) electrons. The van der Waals surface area contributed by atoms with Crippen molar-refractivity contribution in [3.05, 3.63) is 167 Å². The zero-order chi connectivity index (χ0) is 41.5. The predicted octanol–water partition coefficient (Wildman–Crippen LogP) is 13.0. The van der Waals surface area contributed by atoms with Gasteiger partial charge in [-0.2, -0.15) is 0 Å². The second-order valence-corrected chi connectivity index (χ2v) is 23.6. The molecule has 11 aliphatic rings. The van der Waals surface area contributed by atoms with E-state index in [1.54, 1.807) is 49.9 Å². The monoisotopic (exact) mass is 823 g/mol. The molecule has 10 aliphatic carbocycles. The largest absolute Gasteiger partial charge is 0.355 e. The summed E-state index contributed by atoms with van der Waals surface area (Å²) in [4.78, 5) is 0. The molecule has 4 bridgehead atoms. The van der Waals surface area contributed by atoms with Crippen molar-refractivity contribution in [2.75, 3.05) is 5.32 Å². The number of rotatable bonds is 6. The van der Waals surface area contributed by atoms with Crippen molar-refractivity contribution in [1.82, 2.24) is 0 Å². The molecule has 7 aromatic rings. The summed E-state index contributed by atoms with van der Waals surface area (Å²) < 4.78 is 0. The van der Waals surface area contributed by atoms with Crippen LogP contribution < -0.4 is 16.2 Å². The van der Waals surface area contributed by atoms with Gasteiger partial charge in [0.2, 0.25) is 0 Å². The first-order valence-electron chi connectivity index (χ1n) is 25.3. The Labute approximate surface area is 378 Å². The Morgan fingerprint density at radius 1 is 0.625 bits per heavy atom. The second-order valence-electron chi connectivity index (χ2n) is 23.6. The van der Waals surface area contributed by atoms with Crippen LogP contribution in [0.1, 0.15) is 97.1 Å². The number of nitrogens with one attached hydrogen (secondary N) is 1. The summed E-state index contributed by atoms with van der Waals surface area (Å²) in [6.07, 6.45) is 14.5. The molecule has 8 atom stereocenters. The van der Waals surface area contributed by atoms with Gasteiger partial charge in [-0.15, -0.1) is 0 Å². The van der Waals surface area contributed by atoms with Gasteiger partial charge in [-0.05, 0) is 207 Å². The highest BCUT2D eigenvalue weighted by molar-refractivity contribution is 6.71. The molecule has 7 aromatic carbocycles. The number of aryl methyl sites for hydroxylation is 1. The van der Waals surface area contributed by atoms with E-state index in [0.29, 0.717) is 22.2 Å². The highest BCUT2D eigenvalue weighted by Gasteiger charge is 2.86. The van der Waals surface area contributed by atoms with Crippen molar-refractivity contribution in [3.63, 3.8) is 0 Å². The van der Waals surface area contributed by atoms with Gasteiger partial charge in [0.15, 0.2) is 7.28 Å². The van der Waals surface area contributed by atoms with Gasteiger partial charge in [0, 0.05) is 28.3 Å². The maximum atomic E-state index is 3.98. The maximum absolute atomic E-state index is 3.98. The Hall–Kier alpha value is -5.34. The van der Waals surface area contributed by atoms with E-state index in [2.05, 4.69) is 146 Å². The molecule has 0 amide bonds. The van der Waals surface area contributed by atoms with Crippen molar-refractivity contribution in [2.45, 2.75) is 87.9 Å². The summed E-state index contributed by atoms with van der Waals surface area (Å²) in [7, 11) is 1.01. The van der Waals surface area contributed by atoms with Gasteiger partial charge >= 0.3 is 0 Å². The minimum absolute atomic E-state index is 0.373. The average molecular weight is 824 g/mol. The number of hydrogen-bond acceptors (Lipinski definition) is 1. The number of fused-ring (bicyclic) bond motifs is 6. The molecule has 1 aliphatic heterocycles. The van der Waals surface area contributed by atoms with Crippen molar-refractivity contribution >= 4 is 40.4 Å². The zero-order valence-corrected chi connectivity index (χ0v) is 37.0. The van der Waals surface area contributed by atoms with Crippen LogP contribution >= 0.6 is 0 Å². The molecule has 9 fully saturated rings. The minimum atomic E-state index is 0.373. The van der Waals surface area contributed by atoms with E-state index in [1.807, 2.05) is 0 Å². The Bertz CT molecular complexity index is 3240. The van der Waals surface area contributed by atoms with Crippen LogP contribution in [0.4, 0.5) is 11.4 Å². The van der Waals surface area contributed by atoms with Crippen LogP contribution in [0.25, 0.3) is 44.2 Å². The summed E-state index contributed by atoms with van der Waals surface area (Å²) in [5.74, 6) is 6.52.